The van der Waals surface area contributed by atoms with E-state index in [-0.39, 0.29) is 0 Å². The second kappa shape index (κ2) is 3.70. The van der Waals surface area contributed by atoms with Gasteiger partial charge in [-0.05, 0) is 37.9 Å². The number of halogens is 2. The Hall–Kier alpha value is -0.880. The number of nitrogen functional groups attached to an aromatic ring is 1. The van der Waals surface area contributed by atoms with Crippen molar-refractivity contribution in [3.05, 3.63) is 33.6 Å². The van der Waals surface area contributed by atoms with Crippen LogP contribution in [0.5, 0.6) is 0 Å². The van der Waals surface area contributed by atoms with E-state index in [0.717, 1.165) is 8.95 Å². The zero-order valence-electron chi connectivity index (χ0n) is 6.98. The summed E-state index contributed by atoms with van der Waals surface area (Å²) in [5, 5.41) is 4.07. The molecule has 0 aromatic carbocycles. The number of nitrogens with zero attached hydrogens (tertiary/aromatic N) is 3. The van der Waals surface area contributed by atoms with E-state index in [1.807, 2.05) is 6.07 Å². The van der Waals surface area contributed by atoms with Crippen molar-refractivity contribution in [2.24, 2.45) is 0 Å². The van der Waals surface area contributed by atoms with Crippen LogP contribution in [0.4, 0.5) is 5.69 Å². The summed E-state index contributed by atoms with van der Waals surface area (Å²) in [4.78, 5) is 4.21. The number of hydrogen-bond donors (Lipinski definition) is 1. The average molecular weight is 318 g/mol. The van der Waals surface area contributed by atoms with Crippen LogP contribution in [0.2, 0.25) is 0 Å². The third kappa shape index (κ3) is 1.55. The molecule has 0 fully saturated rings. The van der Waals surface area contributed by atoms with Crippen LogP contribution in [-0.4, -0.2) is 14.8 Å². The fraction of sp³-hybridized carbons (Fsp3) is 0. The van der Waals surface area contributed by atoms with Crippen molar-refractivity contribution < 1.29 is 0 Å². The van der Waals surface area contributed by atoms with Gasteiger partial charge in [-0.25, -0.2) is 9.67 Å². The zero-order chi connectivity index (χ0) is 10.1. The maximum atomic E-state index is 5.81. The van der Waals surface area contributed by atoms with Crippen molar-refractivity contribution in [2.45, 2.75) is 0 Å². The van der Waals surface area contributed by atoms with Crippen molar-refractivity contribution >= 4 is 37.5 Å². The highest BCUT2D eigenvalue weighted by molar-refractivity contribution is 9.11. The number of rotatable bonds is 1. The van der Waals surface area contributed by atoms with Gasteiger partial charge in [-0.2, -0.15) is 5.10 Å². The van der Waals surface area contributed by atoms with Gasteiger partial charge in [0.05, 0.1) is 14.6 Å². The van der Waals surface area contributed by atoms with Crippen molar-refractivity contribution in [1.29, 1.82) is 0 Å². The summed E-state index contributed by atoms with van der Waals surface area (Å²) >= 11 is 6.67. The topological polar surface area (TPSA) is 56.7 Å². The van der Waals surface area contributed by atoms with Crippen LogP contribution in [0.15, 0.2) is 33.6 Å². The van der Waals surface area contributed by atoms with Crippen molar-refractivity contribution in [2.75, 3.05) is 5.73 Å². The molecule has 2 heterocycles. The number of aromatic nitrogens is 3. The first-order valence-corrected chi connectivity index (χ1v) is 5.38. The summed E-state index contributed by atoms with van der Waals surface area (Å²) in [7, 11) is 0. The van der Waals surface area contributed by atoms with Crippen LogP contribution >= 0.6 is 31.9 Å². The quantitative estimate of drug-likeness (QED) is 0.878. The molecule has 0 radical (unpaired) electrons. The molecule has 72 valence electrons. The molecule has 0 aliphatic carbocycles. The molecule has 2 N–H and O–H groups in total. The molecular formula is C8H6Br2N4. The third-order valence-electron chi connectivity index (χ3n) is 1.71. The SMILES string of the molecule is Nc1c(Br)cnc(-n2cccn2)c1Br. The minimum atomic E-state index is 0.616. The van der Waals surface area contributed by atoms with Crippen LogP contribution < -0.4 is 5.73 Å². The highest BCUT2D eigenvalue weighted by Gasteiger charge is 2.09. The lowest BCUT2D eigenvalue weighted by atomic mass is 10.4. The lowest BCUT2D eigenvalue weighted by Gasteiger charge is -2.06. The Morgan fingerprint density at radius 2 is 2.14 bits per heavy atom. The Kier molecular flexibility index (Phi) is 2.56. The largest absolute Gasteiger partial charge is 0.397 e. The summed E-state index contributed by atoms with van der Waals surface area (Å²) < 4.78 is 3.14. The van der Waals surface area contributed by atoms with E-state index in [0.29, 0.717) is 11.5 Å². The third-order valence-corrected chi connectivity index (χ3v) is 3.13. The molecule has 4 nitrogen and oxygen atoms in total. The number of nitrogens with two attached hydrogens (primary N) is 1. The molecule has 0 aliphatic heterocycles. The van der Waals surface area contributed by atoms with Gasteiger partial charge in [0.2, 0.25) is 0 Å². The predicted molar refractivity (Wildman–Crippen MR) is 61.2 cm³/mol. The van der Waals surface area contributed by atoms with Gasteiger partial charge < -0.3 is 5.73 Å². The lowest BCUT2D eigenvalue weighted by molar-refractivity contribution is 0.841. The van der Waals surface area contributed by atoms with E-state index in [1.165, 1.54) is 0 Å². The standard InChI is InChI=1S/C8H6Br2N4/c9-5-4-12-8(6(10)7(5)11)14-3-1-2-13-14/h1-4H,(H2,11,12). The van der Waals surface area contributed by atoms with Crippen LogP contribution in [0.25, 0.3) is 5.82 Å². The molecule has 2 aromatic heterocycles. The van der Waals surface area contributed by atoms with Gasteiger partial charge >= 0.3 is 0 Å². The maximum absolute atomic E-state index is 5.81. The molecule has 0 aliphatic rings. The van der Waals surface area contributed by atoms with Gasteiger partial charge in [-0.1, -0.05) is 0 Å². The van der Waals surface area contributed by atoms with Gasteiger partial charge in [0.1, 0.15) is 0 Å². The summed E-state index contributed by atoms with van der Waals surface area (Å²) in [6, 6.07) is 1.83. The van der Waals surface area contributed by atoms with Crippen LogP contribution in [0.3, 0.4) is 0 Å². The zero-order valence-corrected chi connectivity index (χ0v) is 10.2. The second-order valence-corrected chi connectivity index (χ2v) is 4.26. The van der Waals surface area contributed by atoms with Gasteiger partial charge in [0.25, 0.3) is 0 Å². The number of hydrogen-bond acceptors (Lipinski definition) is 3. The Morgan fingerprint density at radius 3 is 2.79 bits per heavy atom. The molecule has 0 saturated heterocycles. The predicted octanol–water partition coefficient (Wildman–Crippen LogP) is 2.37. The summed E-state index contributed by atoms with van der Waals surface area (Å²) in [6.45, 7) is 0. The summed E-state index contributed by atoms with van der Waals surface area (Å²) in [6.07, 6.45) is 5.14. The summed E-state index contributed by atoms with van der Waals surface area (Å²) in [5.74, 6) is 0.677. The number of pyridine rings is 1. The van der Waals surface area contributed by atoms with E-state index in [4.69, 9.17) is 5.73 Å². The Balaban J connectivity index is 2.61. The minimum absolute atomic E-state index is 0.616. The first-order valence-electron chi connectivity index (χ1n) is 3.79. The highest BCUT2D eigenvalue weighted by Crippen LogP contribution is 2.30. The van der Waals surface area contributed by atoms with Gasteiger partial charge in [-0.15, -0.1) is 0 Å². The Morgan fingerprint density at radius 1 is 1.36 bits per heavy atom. The molecule has 0 spiro atoms. The smallest absolute Gasteiger partial charge is 0.169 e. The van der Waals surface area contributed by atoms with Gasteiger partial charge in [0, 0.05) is 18.6 Å². The monoisotopic (exact) mass is 316 g/mol. The first kappa shape index (κ1) is 9.67. The van der Waals surface area contributed by atoms with E-state index < -0.39 is 0 Å². The molecule has 2 rings (SSSR count). The fourth-order valence-corrected chi connectivity index (χ4v) is 2.09. The molecule has 0 amide bonds. The average Bonchev–Trinajstić information content (AvgIpc) is 2.67. The Labute approximate surface area is 97.4 Å². The molecule has 0 bridgehead atoms. The molecule has 14 heavy (non-hydrogen) atoms. The van der Waals surface area contributed by atoms with Crippen LogP contribution in [-0.2, 0) is 0 Å². The van der Waals surface area contributed by atoms with Crippen molar-refractivity contribution in [1.82, 2.24) is 14.8 Å². The van der Waals surface area contributed by atoms with Crippen molar-refractivity contribution in [3.8, 4) is 5.82 Å². The summed E-state index contributed by atoms with van der Waals surface area (Å²) in [5.41, 5.74) is 6.43. The molecule has 0 saturated carbocycles. The maximum Gasteiger partial charge on any atom is 0.169 e. The molecular weight excluding hydrogens is 312 g/mol. The van der Waals surface area contributed by atoms with E-state index in [2.05, 4.69) is 41.9 Å². The van der Waals surface area contributed by atoms with E-state index >= 15 is 0 Å². The van der Waals surface area contributed by atoms with E-state index in [9.17, 15) is 0 Å². The first-order chi connectivity index (χ1) is 6.70. The molecule has 6 heteroatoms. The minimum Gasteiger partial charge on any atom is -0.397 e. The molecule has 0 atom stereocenters. The molecule has 2 aromatic rings. The second-order valence-electron chi connectivity index (χ2n) is 2.61. The highest BCUT2D eigenvalue weighted by atomic mass is 79.9. The van der Waals surface area contributed by atoms with E-state index in [1.54, 1.807) is 23.3 Å². The van der Waals surface area contributed by atoms with Crippen molar-refractivity contribution in [3.63, 3.8) is 0 Å². The van der Waals surface area contributed by atoms with Crippen LogP contribution in [0.1, 0.15) is 0 Å². The lowest BCUT2D eigenvalue weighted by Crippen LogP contribution is -2.02. The van der Waals surface area contributed by atoms with Crippen LogP contribution in [0, 0.1) is 0 Å². The van der Waals surface area contributed by atoms with Gasteiger partial charge in [-0.3, -0.25) is 0 Å². The number of anilines is 1. The fourth-order valence-electron chi connectivity index (χ4n) is 1.02. The van der Waals surface area contributed by atoms with Gasteiger partial charge in [0.15, 0.2) is 5.82 Å². The normalized spacial score (nSPS) is 10.4. The Bertz CT molecular complexity index is 453. The molecule has 0 unspecified atom stereocenters.